The van der Waals surface area contributed by atoms with Gasteiger partial charge in [0, 0.05) is 19.3 Å². The normalized spacial score (nSPS) is 12.7. The van der Waals surface area contributed by atoms with Crippen LogP contribution in [0.2, 0.25) is 0 Å². The highest BCUT2D eigenvalue weighted by Gasteiger charge is 2.23. The molecule has 0 rings (SSSR count). The molecule has 0 saturated carbocycles. The van der Waals surface area contributed by atoms with Gasteiger partial charge >= 0.3 is 19.8 Å². The summed E-state index contributed by atoms with van der Waals surface area (Å²) >= 11 is 0. The molecule has 0 radical (unpaired) electrons. The van der Waals surface area contributed by atoms with Gasteiger partial charge in [-0.15, -0.1) is 0 Å². The molecule has 0 bridgehead atoms. The zero-order valence-electron chi connectivity index (χ0n) is 33.4. The van der Waals surface area contributed by atoms with Crippen molar-refractivity contribution in [2.24, 2.45) is 5.92 Å². The van der Waals surface area contributed by atoms with Crippen molar-refractivity contribution in [2.75, 3.05) is 13.2 Å². The summed E-state index contributed by atoms with van der Waals surface area (Å²) in [7, 11) is -4.77. The van der Waals surface area contributed by atoms with E-state index in [0.717, 1.165) is 70.1 Å². The minimum Gasteiger partial charge on any atom is -0.462 e. The van der Waals surface area contributed by atoms with Crippen molar-refractivity contribution in [3.8, 4) is 0 Å². The van der Waals surface area contributed by atoms with Gasteiger partial charge in [0.15, 0.2) is 11.9 Å². The highest BCUT2D eigenvalue weighted by molar-refractivity contribution is 7.46. The Morgan fingerprint density at radius 3 is 1.60 bits per heavy atom. The molecule has 0 aromatic carbocycles. The molecule has 10 heteroatoms. The lowest BCUT2D eigenvalue weighted by atomic mass is 10.0. The first-order valence-electron chi connectivity index (χ1n) is 20.9. The molecule has 0 amide bonds. The van der Waals surface area contributed by atoms with Crippen LogP contribution in [0.4, 0.5) is 0 Å². The standard InChI is InChI=1S/C42H77O9P/c1-4-5-26-32-39(43)33-28-23-19-15-13-17-21-25-30-35-42(45)51-40(37-50-52(46,47)48)36-49-41(44)34-29-24-20-16-12-10-8-6-7-9-11-14-18-22-27-31-38(2)3/h19,23,28,33,38,40H,4-18,20-22,24-27,29-32,34-37H2,1-3H3,(H2,46,47,48)/b23-19-,33-28+/t40-/m1/s1. The van der Waals surface area contributed by atoms with Crippen LogP contribution in [-0.2, 0) is 32.9 Å². The quantitative estimate of drug-likeness (QED) is 0.0207. The molecule has 0 saturated heterocycles. The summed E-state index contributed by atoms with van der Waals surface area (Å²) < 4.78 is 26.3. The van der Waals surface area contributed by atoms with Crippen LogP contribution in [0.3, 0.4) is 0 Å². The number of ether oxygens (including phenoxy) is 2. The maximum Gasteiger partial charge on any atom is 0.469 e. The van der Waals surface area contributed by atoms with Gasteiger partial charge in [-0.25, -0.2) is 4.57 Å². The molecule has 52 heavy (non-hydrogen) atoms. The number of phosphoric ester groups is 1. The molecule has 0 aliphatic rings. The molecule has 0 aromatic heterocycles. The zero-order valence-corrected chi connectivity index (χ0v) is 34.3. The highest BCUT2D eigenvalue weighted by atomic mass is 31.2. The molecule has 0 fully saturated rings. The van der Waals surface area contributed by atoms with Gasteiger partial charge in [-0.05, 0) is 44.1 Å². The van der Waals surface area contributed by atoms with Crippen LogP contribution in [0.25, 0.3) is 0 Å². The molecular weight excluding hydrogens is 679 g/mol. The first kappa shape index (κ1) is 50.2. The Kier molecular flexibility index (Phi) is 34.9. The maximum absolute atomic E-state index is 12.4. The van der Waals surface area contributed by atoms with E-state index >= 15 is 0 Å². The summed E-state index contributed by atoms with van der Waals surface area (Å²) in [6, 6.07) is 0. The number of allylic oxidation sites excluding steroid dienone is 4. The lowest BCUT2D eigenvalue weighted by molar-refractivity contribution is -0.161. The third kappa shape index (κ3) is 39.4. The van der Waals surface area contributed by atoms with E-state index < -0.39 is 32.5 Å². The predicted octanol–water partition coefficient (Wildman–Crippen LogP) is 11.8. The van der Waals surface area contributed by atoms with Crippen LogP contribution in [0.1, 0.15) is 201 Å². The zero-order chi connectivity index (χ0) is 38.5. The van der Waals surface area contributed by atoms with Gasteiger partial charge in [0.1, 0.15) is 6.61 Å². The monoisotopic (exact) mass is 757 g/mol. The lowest BCUT2D eigenvalue weighted by Gasteiger charge is -2.18. The van der Waals surface area contributed by atoms with Gasteiger partial charge in [0.05, 0.1) is 6.61 Å². The first-order chi connectivity index (χ1) is 25.0. The van der Waals surface area contributed by atoms with Crippen LogP contribution >= 0.6 is 7.82 Å². The summed E-state index contributed by atoms with van der Waals surface area (Å²) in [6.45, 7) is 5.86. The minimum atomic E-state index is -4.77. The van der Waals surface area contributed by atoms with Crippen LogP contribution in [0, 0.1) is 5.92 Å². The van der Waals surface area contributed by atoms with E-state index in [1.807, 2.05) is 12.2 Å². The van der Waals surface area contributed by atoms with Crippen LogP contribution in [0.15, 0.2) is 24.3 Å². The van der Waals surface area contributed by atoms with Crippen molar-refractivity contribution in [3.05, 3.63) is 24.3 Å². The average molecular weight is 757 g/mol. The second kappa shape index (κ2) is 36.2. The molecule has 1 atom stereocenters. The van der Waals surface area contributed by atoms with Gasteiger partial charge in [-0.3, -0.25) is 18.9 Å². The topological polar surface area (TPSA) is 136 Å². The van der Waals surface area contributed by atoms with Crippen molar-refractivity contribution in [1.82, 2.24) is 0 Å². The van der Waals surface area contributed by atoms with E-state index in [1.165, 1.54) is 83.5 Å². The fourth-order valence-electron chi connectivity index (χ4n) is 5.95. The van der Waals surface area contributed by atoms with E-state index in [-0.39, 0.29) is 25.2 Å². The summed E-state index contributed by atoms with van der Waals surface area (Å²) in [5, 5.41) is 0. The van der Waals surface area contributed by atoms with Gasteiger partial charge < -0.3 is 19.3 Å². The Morgan fingerprint density at radius 2 is 1.08 bits per heavy atom. The highest BCUT2D eigenvalue weighted by Crippen LogP contribution is 2.36. The molecule has 304 valence electrons. The molecule has 0 aliphatic heterocycles. The molecule has 0 unspecified atom stereocenters. The smallest absolute Gasteiger partial charge is 0.462 e. The fraction of sp³-hybridized carbons (Fsp3) is 0.833. The third-order valence-corrected chi connectivity index (χ3v) is 9.61. The van der Waals surface area contributed by atoms with Crippen molar-refractivity contribution in [1.29, 1.82) is 0 Å². The minimum absolute atomic E-state index is 0.163. The molecule has 2 N–H and O–H groups in total. The Bertz CT molecular complexity index is 973. The van der Waals surface area contributed by atoms with E-state index in [9.17, 15) is 18.9 Å². The number of unbranched alkanes of at least 4 members (excludes halogenated alkanes) is 21. The second-order valence-electron chi connectivity index (χ2n) is 14.8. The molecule has 0 aromatic rings. The van der Waals surface area contributed by atoms with Crippen molar-refractivity contribution in [3.63, 3.8) is 0 Å². The summed E-state index contributed by atoms with van der Waals surface area (Å²) in [5.74, 6) is 0.0646. The number of esters is 2. The number of carbonyl (C=O) groups is 3. The van der Waals surface area contributed by atoms with E-state index in [2.05, 4.69) is 31.4 Å². The number of rotatable bonds is 38. The summed E-state index contributed by atoms with van der Waals surface area (Å²) in [6.07, 6.45) is 36.0. The Balaban J connectivity index is 3.95. The average Bonchev–Trinajstić information content (AvgIpc) is 3.09. The summed E-state index contributed by atoms with van der Waals surface area (Å²) in [5.41, 5.74) is 0. The van der Waals surface area contributed by atoms with Crippen molar-refractivity contribution in [2.45, 2.75) is 207 Å². The largest absolute Gasteiger partial charge is 0.469 e. The van der Waals surface area contributed by atoms with Gasteiger partial charge in [0.2, 0.25) is 0 Å². The Morgan fingerprint density at radius 1 is 0.596 bits per heavy atom. The lowest BCUT2D eigenvalue weighted by Crippen LogP contribution is -2.29. The summed E-state index contributed by atoms with van der Waals surface area (Å²) in [4.78, 5) is 54.5. The van der Waals surface area contributed by atoms with Gasteiger partial charge in [-0.1, -0.05) is 167 Å². The van der Waals surface area contributed by atoms with E-state index in [4.69, 9.17) is 19.3 Å². The van der Waals surface area contributed by atoms with E-state index in [1.54, 1.807) is 6.08 Å². The Labute approximate surface area is 317 Å². The second-order valence-corrected chi connectivity index (χ2v) is 16.1. The third-order valence-electron chi connectivity index (χ3n) is 9.13. The van der Waals surface area contributed by atoms with Gasteiger partial charge in [0.25, 0.3) is 0 Å². The van der Waals surface area contributed by atoms with Gasteiger partial charge in [-0.2, -0.15) is 0 Å². The SMILES string of the molecule is CCCCCC(=O)/C=C/C=C\CCCCCCCC(=O)O[C@H](COC(=O)CCCCCCCCCCCCCCCCCC(C)C)COP(=O)(O)O. The number of ketones is 1. The molecule has 0 heterocycles. The number of hydrogen-bond acceptors (Lipinski definition) is 7. The Hall–Kier alpha value is -1.80. The van der Waals surface area contributed by atoms with Crippen molar-refractivity contribution < 1.29 is 42.7 Å². The molecule has 0 aliphatic carbocycles. The maximum atomic E-state index is 12.4. The number of hydrogen-bond donors (Lipinski definition) is 2. The first-order valence-corrected chi connectivity index (χ1v) is 22.5. The van der Waals surface area contributed by atoms with Crippen LogP contribution in [0.5, 0.6) is 0 Å². The molecular formula is C42H77O9P. The van der Waals surface area contributed by atoms with Crippen molar-refractivity contribution >= 4 is 25.5 Å². The molecule has 9 nitrogen and oxygen atoms in total. The predicted molar refractivity (Wildman–Crippen MR) is 212 cm³/mol. The fourth-order valence-corrected chi connectivity index (χ4v) is 6.31. The number of phosphoric acid groups is 1. The van der Waals surface area contributed by atoms with Crippen LogP contribution < -0.4 is 0 Å². The number of carbonyl (C=O) groups excluding carboxylic acids is 3. The van der Waals surface area contributed by atoms with E-state index in [0.29, 0.717) is 19.3 Å². The molecule has 0 spiro atoms. The van der Waals surface area contributed by atoms with Crippen LogP contribution in [-0.4, -0.2) is 46.8 Å².